The number of hydrogen-bond donors (Lipinski definition) is 1. The van der Waals surface area contributed by atoms with Crippen molar-refractivity contribution in [3.05, 3.63) is 85.0 Å². The molecule has 0 atom stereocenters. The van der Waals surface area contributed by atoms with Crippen LogP contribution in [0.4, 0.5) is 11.5 Å². The van der Waals surface area contributed by atoms with Crippen molar-refractivity contribution < 1.29 is 9.53 Å². The zero-order valence-electron chi connectivity index (χ0n) is 15.9. The first-order valence-electron chi connectivity index (χ1n) is 8.99. The molecule has 0 aliphatic heterocycles. The van der Waals surface area contributed by atoms with Crippen molar-refractivity contribution >= 4 is 28.7 Å². The van der Waals surface area contributed by atoms with Gasteiger partial charge in [-0.2, -0.15) is 0 Å². The Morgan fingerprint density at radius 3 is 2.86 bits per heavy atom. The van der Waals surface area contributed by atoms with Gasteiger partial charge in [-0.15, -0.1) is 0 Å². The van der Waals surface area contributed by atoms with Gasteiger partial charge in [-0.3, -0.25) is 0 Å². The molecular formula is C22H22N4O2. The van der Waals surface area contributed by atoms with Gasteiger partial charge in [0.05, 0.1) is 17.9 Å². The Kier molecular flexibility index (Phi) is 6.01. The van der Waals surface area contributed by atoms with Crippen LogP contribution in [0.2, 0.25) is 0 Å². The molecule has 0 aromatic carbocycles. The molecule has 0 saturated heterocycles. The van der Waals surface area contributed by atoms with Gasteiger partial charge in [0.2, 0.25) is 0 Å². The van der Waals surface area contributed by atoms with Crippen molar-refractivity contribution in [2.45, 2.75) is 13.8 Å². The van der Waals surface area contributed by atoms with Crippen molar-refractivity contribution in [3.8, 4) is 0 Å². The van der Waals surface area contributed by atoms with Crippen LogP contribution in [-0.4, -0.2) is 26.9 Å². The monoisotopic (exact) mass is 374 g/mol. The molecule has 0 amide bonds. The Morgan fingerprint density at radius 2 is 2.18 bits per heavy atom. The minimum absolute atomic E-state index is 0.329. The Labute approximate surface area is 163 Å². The quantitative estimate of drug-likeness (QED) is 0.475. The van der Waals surface area contributed by atoms with E-state index >= 15 is 0 Å². The highest BCUT2D eigenvalue weighted by Gasteiger charge is 2.10. The molecule has 0 unspecified atom stereocenters. The summed E-state index contributed by atoms with van der Waals surface area (Å²) in [6.07, 6.45) is 14.9. The van der Waals surface area contributed by atoms with Gasteiger partial charge in [0.15, 0.2) is 5.65 Å². The number of carbonyl (C=O) groups is 1. The summed E-state index contributed by atoms with van der Waals surface area (Å²) < 4.78 is 6.93. The molecule has 0 saturated carbocycles. The lowest BCUT2D eigenvalue weighted by Gasteiger charge is -2.11. The summed E-state index contributed by atoms with van der Waals surface area (Å²) in [4.78, 5) is 20.5. The van der Waals surface area contributed by atoms with Gasteiger partial charge >= 0.3 is 5.97 Å². The molecule has 0 fully saturated rings. The first-order chi connectivity index (χ1) is 13.7. The summed E-state index contributed by atoms with van der Waals surface area (Å²) in [6.45, 7) is 7.98. The lowest BCUT2D eigenvalue weighted by Crippen LogP contribution is -2.05. The van der Waals surface area contributed by atoms with E-state index in [2.05, 4.69) is 21.9 Å². The van der Waals surface area contributed by atoms with Gasteiger partial charge in [-0.25, -0.2) is 14.8 Å². The van der Waals surface area contributed by atoms with E-state index in [0.717, 1.165) is 22.5 Å². The number of ether oxygens (including phenoxy) is 1. The Bertz CT molecular complexity index is 1050. The van der Waals surface area contributed by atoms with Crippen LogP contribution in [0.5, 0.6) is 0 Å². The number of allylic oxidation sites excluding steroid dienone is 5. The molecule has 6 nitrogen and oxygen atoms in total. The van der Waals surface area contributed by atoms with Gasteiger partial charge < -0.3 is 14.5 Å². The van der Waals surface area contributed by atoms with E-state index in [1.54, 1.807) is 25.3 Å². The minimum Gasteiger partial charge on any atom is -0.462 e. The number of anilines is 2. The number of rotatable bonds is 7. The van der Waals surface area contributed by atoms with Crippen LogP contribution >= 0.6 is 0 Å². The maximum Gasteiger partial charge on any atom is 0.339 e. The molecule has 3 aromatic heterocycles. The third-order valence-electron chi connectivity index (χ3n) is 4.05. The number of fused-ring (bicyclic) bond motifs is 1. The Morgan fingerprint density at radius 1 is 1.32 bits per heavy atom. The molecule has 0 spiro atoms. The number of nitrogens with zero attached hydrogens (tertiary/aromatic N) is 3. The third kappa shape index (κ3) is 4.17. The molecule has 0 aliphatic carbocycles. The topological polar surface area (TPSA) is 68.5 Å². The highest BCUT2D eigenvalue weighted by atomic mass is 16.5. The molecule has 0 aliphatic rings. The van der Waals surface area contributed by atoms with E-state index in [-0.39, 0.29) is 5.97 Å². The van der Waals surface area contributed by atoms with Crippen LogP contribution in [-0.2, 0) is 4.74 Å². The maximum absolute atomic E-state index is 11.8. The van der Waals surface area contributed by atoms with E-state index < -0.39 is 0 Å². The van der Waals surface area contributed by atoms with E-state index in [4.69, 9.17) is 4.74 Å². The summed E-state index contributed by atoms with van der Waals surface area (Å²) in [6, 6.07) is 5.42. The van der Waals surface area contributed by atoms with E-state index in [1.165, 1.54) is 6.20 Å². The highest BCUT2D eigenvalue weighted by Crippen LogP contribution is 2.26. The predicted molar refractivity (Wildman–Crippen MR) is 112 cm³/mol. The van der Waals surface area contributed by atoms with Crippen molar-refractivity contribution in [2.24, 2.45) is 0 Å². The second-order valence-electron chi connectivity index (χ2n) is 5.93. The fourth-order valence-corrected chi connectivity index (χ4v) is 2.71. The second kappa shape index (κ2) is 8.81. The largest absolute Gasteiger partial charge is 0.462 e. The van der Waals surface area contributed by atoms with Crippen molar-refractivity contribution in [1.29, 1.82) is 0 Å². The molecule has 0 bridgehead atoms. The molecular weight excluding hydrogens is 352 g/mol. The highest BCUT2D eigenvalue weighted by molar-refractivity contribution is 5.89. The average Bonchev–Trinajstić information content (AvgIpc) is 3.18. The zero-order valence-corrected chi connectivity index (χ0v) is 15.9. The number of hydrogen-bond acceptors (Lipinski definition) is 5. The number of carbonyl (C=O) groups excluding carboxylic acids is 1. The standard InChI is InChI=1S/C22H22N4O2/c1-4-7-8-16(5-2)18-13-19(21-23-11-12-26(21)15-18)25-20-10-9-17(14-24-20)22(27)28-6-3/h4-5,7-15H,2,6H2,1,3H3,(H,24,25)/b7-4-,16-8+. The Hall–Kier alpha value is -3.67. The number of nitrogens with one attached hydrogen (secondary N) is 1. The lowest BCUT2D eigenvalue weighted by atomic mass is 10.1. The van der Waals surface area contributed by atoms with Crippen molar-refractivity contribution in [3.63, 3.8) is 0 Å². The minimum atomic E-state index is -0.385. The van der Waals surface area contributed by atoms with Crippen molar-refractivity contribution in [1.82, 2.24) is 14.4 Å². The normalized spacial score (nSPS) is 11.7. The summed E-state index contributed by atoms with van der Waals surface area (Å²) >= 11 is 0. The first-order valence-corrected chi connectivity index (χ1v) is 8.99. The summed E-state index contributed by atoms with van der Waals surface area (Å²) in [7, 11) is 0. The van der Waals surface area contributed by atoms with Gasteiger partial charge in [0.1, 0.15) is 5.82 Å². The van der Waals surface area contributed by atoms with Crippen LogP contribution in [0, 0.1) is 0 Å². The van der Waals surface area contributed by atoms with Gasteiger partial charge in [0, 0.05) is 30.4 Å². The summed E-state index contributed by atoms with van der Waals surface area (Å²) in [5, 5.41) is 3.28. The van der Waals surface area contributed by atoms with Crippen LogP contribution < -0.4 is 5.32 Å². The van der Waals surface area contributed by atoms with Crippen molar-refractivity contribution in [2.75, 3.05) is 11.9 Å². The van der Waals surface area contributed by atoms with Gasteiger partial charge in [-0.1, -0.05) is 30.9 Å². The number of esters is 1. The Balaban J connectivity index is 1.95. The zero-order chi connectivity index (χ0) is 19.9. The first kappa shape index (κ1) is 19.1. The maximum atomic E-state index is 11.8. The van der Waals surface area contributed by atoms with Gasteiger partial charge in [0.25, 0.3) is 0 Å². The van der Waals surface area contributed by atoms with Crippen LogP contribution in [0.15, 0.2) is 73.9 Å². The van der Waals surface area contributed by atoms with E-state index in [1.807, 2.05) is 54.1 Å². The number of aromatic nitrogens is 3. The summed E-state index contributed by atoms with van der Waals surface area (Å²) in [5.41, 5.74) is 3.96. The lowest BCUT2D eigenvalue weighted by molar-refractivity contribution is 0.0526. The average molecular weight is 374 g/mol. The molecule has 0 radical (unpaired) electrons. The molecule has 6 heteroatoms. The number of pyridine rings is 2. The fourth-order valence-electron chi connectivity index (χ4n) is 2.71. The van der Waals surface area contributed by atoms with E-state index in [9.17, 15) is 4.79 Å². The van der Waals surface area contributed by atoms with Gasteiger partial charge in [-0.05, 0) is 37.6 Å². The van der Waals surface area contributed by atoms with Crippen LogP contribution in [0.1, 0.15) is 29.8 Å². The fraction of sp³-hybridized carbons (Fsp3) is 0.136. The van der Waals surface area contributed by atoms with Crippen LogP contribution in [0.3, 0.4) is 0 Å². The molecule has 1 N–H and O–H groups in total. The molecule has 28 heavy (non-hydrogen) atoms. The SMILES string of the molecule is C=C/C(=C\C=C/C)c1cc(Nc2ccc(C(=O)OCC)cn2)c2nccn2c1. The molecule has 142 valence electrons. The predicted octanol–water partition coefficient (Wildman–Crippen LogP) is 4.80. The molecule has 3 heterocycles. The summed E-state index contributed by atoms with van der Waals surface area (Å²) in [5.74, 6) is 0.219. The molecule has 3 aromatic rings. The van der Waals surface area contributed by atoms with E-state index in [0.29, 0.717) is 18.0 Å². The van der Waals surface area contributed by atoms with Crippen LogP contribution in [0.25, 0.3) is 11.2 Å². The number of imidazole rings is 1. The second-order valence-corrected chi connectivity index (χ2v) is 5.93. The smallest absolute Gasteiger partial charge is 0.339 e. The molecule has 3 rings (SSSR count). The third-order valence-corrected chi connectivity index (χ3v) is 4.05.